The number of aromatic nitrogens is 4. The van der Waals surface area contributed by atoms with Gasteiger partial charge in [0.2, 0.25) is 0 Å². The fourth-order valence-electron chi connectivity index (χ4n) is 3.43. The lowest BCUT2D eigenvalue weighted by Crippen LogP contribution is -2.15. The molecule has 21 heavy (non-hydrogen) atoms. The summed E-state index contributed by atoms with van der Waals surface area (Å²) in [7, 11) is 0. The van der Waals surface area contributed by atoms with Gasteiger partial charge in [0, 0.05) is 25.7 Å². The van der Waals surface area contributed by atoms with Gasteiger partial charge in [0.05, 0.1) is 6.20 Å². The lowest BCUT2D eigenvalue weighted by atomic mass is 9.94. The Kier molecular flexibility index (Phi) is 3.51. The largest absolute Gasteiger partial charge is 0.381 e. The fourth-order valence-corrected chi connectivity index (χ4v) is 3.43. The first-order chi connectivity index (χ1) is 10.4. The number of nitrogens with one attached hydrogen (secondary N) is 1. The van der Waals surface area contributed by atoms with E-state index in [1.54, 1.807) is 0 Å². The van der Waals surface area contributed by atoms with Gasteiger partial charge in [0.15, 0.2) is 5.65 Å². The van der Waals surface area contributed by atoms with E-state index in [1.807, 2.05) is 6.20 Å². The fraction of sp³-hybridized carbons (Fsp3) is 0.625. The average Bonchev–Trinajstić information content (AvgIpc) is 3.11. The van der Waals surface area contributed by atoms with Crippen LogP contribution in [-0.2, 0) is 11.3 Å². The molecule has 0 bridgehead atoms. The van der Waals surface area contributed by atoms with E-state index in [0.29, 0.717) is 11.8 Å². The van der Waals surface area contributed by atoms with Crippen molar-refractivity contribution in [1.29, 1.82) is 0 Å². The van der Waals surface area contributed by atoms with E-state index >= 15 is 0 Å². The molecule has 0 radical (unpaired) electrons. The van der Waals surface area contributed by atoms with Gasteiger partial charge >= 0.3 is 0 Å². The summed E-state index contributed by atoms with van der Waals surface area (Å²) in [5.41, 5.74) is 2.09. The molecule has 0 aromatic carbocycles. The third-order valence-electron chi connectivity index (χ3n) is 4.72. The van der Waals surface area contributed by atoms with Crippen LogP contribution in [0.3, 0.4) is 0 Å². The van der Waals surface area contributed by atoms with Crippen LogP contribution in [-0.4, -0.2) is 33.0 Å². The predicted molar refractivity (Wildman–Crippen MR) is 81.2 cm³/mol. The Labute approximate surface area is 124 Å². The van der Waals surface area contributed by atoms with Gasteiger partial charge in [-0.05, 0) is 38.0 Å². The Morgan fingerprint density at radius 3 is 2.95 bits per heavy atom. The van der Waals surface area contributed by atoms with Gasteiger partial charge in [-0.25, -0.2) is 9.67 Å². The Hall–Kier alpha value is -1.62. The molecule has 2 aromatic heterocycles. The number of ether oxygens (including phenoxy) is 1. The SMILES string of the molecule is C1=CCC(Cn2ncc3[nH]c(C4CCOCC4)nc32)CC1. The molecule has 2 aliphatic rings. The van der Waals surface area contributed by atoms with E-state index in [4.69, 9.17) is 9.72 Å². The second kappa shape index (κ2) is 5.64. The van der Waals surface area contributed by atoms with Crippen molar-refractivity contribution in [3.05, 3.63) is 24.2 Å². The summed E-state index contributed by atoms with van der Waals surface area (Å²) in [5, 5.41) is 4.51. The number of fused-ring (bicyclic) bond motifs is 1. The number of hydrogen-bond donors (Lipinski definition) is 1. The van der Waals surface area contributed by atoms with Crippen LogP contribution in [0, 0.1) is 5.92 Å². The van der Waals surface area contributed by atoms with Gasteiger partial charge in [-0.3, -0.25) is 0 Å². The molecule has 1 unspecified atom stereocenters. The summed E-state index contributed by atoms with van der Waals surface area (Å²) in [6.07, 6.45) is 12.3. The van der Waals surface area contributed by atoms with Crippen molar-refractivity contribution in [1.82, 2.24) is 19.7 Å². The third kappa shape index (κ3) is 2.62. The number of H-pyrrole nitrogens is 1. The standard InChI is InChI=1S/C16H22N4O/c1-2-4-12(5-3-1)11-20-16-14(10-17-20)18-15(19-16)13-6-8-21-9-7-13/h1-2,10,12-13H,3-9,11H2,(H,18,19). The molecule has 4 rings (SSSR count). The average molecular weight is 286 g/mol. The van der Waals surface area contributed by atoms with E-state index in [1.165, 1.54) is 19.3 Å². The van der Waals surface area contributed by atoms with Crippen molar-refractivity contribution in [3.8, 4) is 0 Å². The molecular weight excluding hydrogens is 264 g/mol. The summed E-state index contributed by atoms with van der Waals surface area (Å²) in [6, 6.07) is 0. The summed E-state index contributed by atoms with van der Waals surface area (Å²) >= 11 is 0. The lowest BCUT2D eigenvalue weighted by Gasteiger charge is -2.20. The number of nitrogens with zero attached hydrogens (tertiary/aromatic N) is 3. The lowest BCUT2D eigenvalue weighted by molar-refractivity contribution is 0.0838. The normalized spacial score (nSPS) is 23.9. The Balaban J connectivity index is 1.55. The van der Waals surface area contributed by atoms with Crippen LogP contribution in [0.1, 0.15) is 43.8 Å². The molecule has 1 fully saturated rings. The van der Waals surface area contributed by atoms with Crippen molar-refractivity contribution < 1.29 is 4.74 Å². The molecule has 0 spiro atoms. The van der Waals surface area contributed by atoms with Crippen LogP contribution in [0.2, 0.25) is 0 Å². The van der Waals surface area contributed by atoms with Gasteiger partial charge < -0.3 is 9.72 Å². The van der Waals surface area contributed by atoms with E-state index in [2.05, 4.69) is 26.9 Å². The molecule has 3 heterocycles. The summed E-state index contributed by atoms with van der Waals surface area (Å²) in [6.45, 7) is 2.68. The van der Waals surface area contributed by atoms with Crippen molar-refractivity contribution in [2.75, 3.05) is 13.2 Å². The first kappa shape index (κ1) is 13.1. The molecule has 0 saturated carbocycles. The molecule has 2 aromatic rings. The highest BCUT2D eigenvalue weighted by atomic mass is 16.5. The van der Waals surface area contributed by atoms with E-state index in [-0.39, 0.29) is 0 Å². The zero-order valence-corrected chi connectivity index (χ0v) is 12.3. The third-order valence-corrected chi connectivity index (χ3v) is 4.72. The van der Waals surface area contributed by atoms with Crippen molar-refractivity contribution in [2.45, 2.75) is 44.6 Å². The first-order valence-electron chi connectivity index (χ1n) is 8.04. The molecule has 0 amide bonds. The Morgan fingerprint density at radius 2 is 2.14 bits per heavy atom. The molecule has 5 heteroatoms. The maximum atomic E-state index is 5.44. The maximum absolute atomic E-state index is 5.44. The van der Waals surface area contributed by atoms with Gasteiger partial charge in [0.1, 0.15) is 11.3 Å². The number of allylic oxidation sites excluding steroid dienone is 2. The van der Waals surface area contributed by atoms with E-state index in [9.17, 15) is 0 Å². The van der Waals surface area contributed by atoms with E-state index < -0.39 is 0 Å². The summed E-state index contributed by atoms with van der Waals surface area (Å²) in [5.74, 6) is 2.32. The van der Waals surface area contributed by atoms with Gasteiger partial charge in [-0.1, -0.05) is 12.2 Å². The quantitative estimate of drug-likeness (QED) is 0.882. The summed E-state index contributed by atoms with van der Waals surface area (Å²) in [4.78, 5) is 8.29. The predicted octanol–water partition coefficient (Wildman–Crippen LogP) is 3.01. The molecular formula is C16H22N4O. The molecule has 112 valence electrons. The van der Waals surface area contributed by atoms with Crippen LogP contribution in [0.4, 0.5) is 0 Å². The van der Waals surface area contributed by atoms with Crippen LogP contribution in [0.15, 0.2) is 18.3 Å². The Bertz CT molecular complexity index is 636. The molecule has 1 atom stereocenters. The maximum Gasteiger partial charge on any atom is 0.176 e. The molecule has 1 N–H and O–H groups in total. The molecule has 1 saturated heterocycles. The second-order valence-corrected chi connectivity index (χ2v) is 6.22. The highest BCUT2D eigenvalue weighted by Gasteiger charge is 2.21. The first-order valence-corrected chi connectivity index (χ1v) is 8.04. The van der Waals surface area contributed by atoms with Crippen molar-refractivity contribution in [2.24, 2.45) is 5.92 Å². The number of hydrogen-bond acceptors (Lipinski definition) is 3. The highest BCUT2D eigenvalue weighted by molar-refractivity contribution is 5.70. The minimum Gasteiger partial charge on any atom is -0.381 e. The van der Waals surface area contributed by atoms with E-state index in [0.717, 1.165) is 49.6 Å². The van der Waals surface area contributed by atoms with Crippen molar-refractivity contribution in [3.63, 3.8) is 0 Å². The monoisotopic (exact) mass is 286 g/mol. The number of aromatic amines is 1. The zero-order chi connectivity index (χ0) is 14.1. The minimum absolute atomic E-state index is 0.511. The van der Waals surface area contributed by atoms with Gasteiger partial charge in [-0.15, -0.1) is 0 Å². The van der Waals surface area contributed by atoms with Crippen LogP contribution < -0.4 is 0 Å². The number of imidazole rings is 1. The summed E-state index contributed by atoms with van der Waals surface area (Å²) < 4.78 is 7.52. The van der Waals surface area contributed by atoms with Crippen LogP contribution in [0.25, 0.3) is 11.2 Å². The second-order valence-electron chi connectivity index (χ2n) is 6.22. The van der Waals surface area contributed by atoms with Crippen molar-refractivity contribution >= 4 is 11.2 Å². The molecule has 5 nitrogen and oxygen atoms in total. The smallest absolute Gasteiger partial charge is 0.176 e. The van der Waals surface area contributed by atoms with Crippen LogP contribution >= 0.6 is 0 Å². The van der Waals surface area contributed by atoms with Gasteiger partial charge in [-0.2, -0.15) is 5.10 Å². The Morgan fingerprint density at radius 1 is 1.24 bits per heavy atom. The minimum atomic E-state index is 0.511. The molecule has 1 aliphatic heterocycles. The highest BCUT2D eigenvalue weighted by Crippen LogP contribution is 2.27. The van der Waals surface area contributed by atoms with Gasteiger partial charge in [0.25, 0.3) is 0 Å². The number of rotatable bonds is 3. The topological polar surface area (TPSA) is 55.7 Å². The zero-order valence-electron chi connectivity index (χ0n) is 12.3. The molecule has 1 aliphatic carbocycles. The van der Waals surface area contributed by atoms with Crippen LogP contribution in [0.5, 0.6) is 0 Å².